The molecule has 0 saturated carbocycles. The lowest BCUT2D eigenvalue weighted by Crippen LogP contribution is -2.10. The molecule has 0 radical (unpaired) electrons. The van der Waals surface area contributed by atoms with Gasteiger partial charge in [0.15, 0.2) is 0 Å². The number of rotatable bonds is 1. The fourth-order valence-corrected chi connectivity index (χ4v) is 3.79. The standard InChI is InChI=1S/C20H20/c1-4-14-10-17-13(3)6-8-16-15-7-5-12(2)9-18(15)19(11-14)20(16)17/h5-9,11,14H,4,10H2,1-3H3. The van der Waals surface area contributed by atoms with Gasteiger partial charge >= 0.3 is 0 Å². The van der Waals surface area contributed by atoms with E-state index in [9.17, 15) is 0 Å². The van der Waals surface area contributed by atoms with E-state index in [-0.39, 0.29) is 0 Å². The Morgan fingerprint density at radius 1 is 1.00 bits per heavy atom. The average Bonchev–Trinajstić information content (AvgIpc) is 2.77. The van der Waals surface area contributed by atoms with E-state index in [1.54, 1.807) is 5.56 Å². The van der Waals surface area contributed by atoms with E-state index in [0.29, 0.717) is 5.92 Å². The average molecular weight is 260 g/mol. The second kappa shape index (κ2) is 4.09. The molecule has 0 heterocycles. The molecular weight excluding hydrogens is 240 g/mol. The van der Waals surface area contributed by atoms with Gasteiger partial charge in [0.1, 0.15) is 0 Å². The van der Waals surface area contributed by atoms with E-state index in [0.717, 1.165) is 0 Å². The summed E-state index contributed by atoms with van der Waals surface area (Å²) in [5.41, 5.74) is 11.7. The first-order valence-corrected chi connectivity index (χ1v) is 7.65. The Morgan fingerprint density at radius 3 is 2.60 bits per heavy atom. The summed E-state index contributed by atoms with van der Waals surface area (Å²) in [5, 5.41) is 0. The second-order valence-electron chi connectivity index (χ2n) is 6.29. The molecule has 0 bridgehead atoms. The molecule has 2 aromatic rings. The molecule has 0 heteroatoms. The summed E-state index contributed by atoms with van der Waals surface area (Å²) >= 11 is 0. The summed E-state index contributed by atoms with van der Waals surface area (Å²) in [6, 6.07) is 11.5. The molecule has 1 unspecified atom stereocenters. The van der Waals surface area contributed by atoms with Crippen molar-refractivity contribution in [1.29, 1.82) is 0 Å². The van der Waals surface area contributed by atoms with Gasteiger partial charge in [-0.05, 0) is 71.6 Å². The Hall–Kier alpha value is -1.82. The van der Waals surface area contributed by atoms with Crippen LogP contribution in [0.4, 0.5) is 0 Å². The first-order valence-electron chi connectivity index (χ1n) is 7.65. The van der Waals surface area contributed by atoms with Crippen LogP contribution < -0.4 is 0 Å². The Labute approximate surface area is 121 Å². The maximum absolute atomic E-state index is 2.52. The SMILES string of the molecule is CCC1C=C2c3cc(C)ccc3-c3ccc(C)c(c32)C1. The van der Waals surface area contributed by atoms with Gasteiger partial charge in [-0.1, -0.05) is 48.9 Å². The van der Waals surface area contributed by atoms with Gasteiger partial charge < -0.3 is 0 Å². The maximum Gasteiger partial charge on any atom is -0.00671 e. The fourth-order valence-electron chi connectivity index (χ4n) is 3.79. The highest BCUT2D eigenvalue weighted by Gasteiger charge is 2.30. The van der Waals surface area contributed by atoms with Crippen molar-refractivity contribution in [1.82, 2.24) is 0 Å². The Bertz CT molecular complexity index is 747. The van der Waals surface area contributed by atoms with Gasteiger partial charge in [-0.15, -0.1) is 0 Å². The lowest BCUT2D eigenvalue weighted by molar-refractivity contribution is 0.617. The van der Waals surface area contributed by atoms with E-state index >= 15 is 0 Å². The van der Waals surface area contributed by atoms with Crippen LogP contribution in [-0.4, -0.2) is 0 Å². The topological polar surface area (TPSA) is 0 Å². The van der Waals surface area contributed by atoms with Gasteiger partial charge in [0.05, 0.1) is 0 Å². The number of hydrogen-bond acceptors (Lipinski definition) is 0. The van der Waals surface area contributed by atoms with E-state index in [1.807, 2.05) is 0 Å². The minimum atomic E-state index is 0.693. The number of aryl methyl sites for hydroxylation is 2. The Kier molecular flexibility index (Phi) is 2.44. The molecule has 2 aliphatic rings. The highest BCUT2D eigenvalue weighted by atomic mass is 14.3. The third-order valence-corrected chi connectivity index (χ3v) is 4.96. The van der Waals surface area contributed by atoms with Crippen molar-refractivity contribution in [3.8, 4) is 11.1 Å². The van der Waals surface area contributed by atoms with Crippen LogP contribution in [0.1, 0.15) is 41.2 Å². The molecule has 0 aliphatic heterocycles. The van der Waals surface area contributed by atoms with Gasteiger partial charge in [0, 0.05) is 0 Å². The number of allylic oxidation sites excluding steroid dienone is 1. The predicted octanol–water partition coefficient (Wildman–Crippen LogP) is 5.30. The van der Waals surface area contributed by atoms with Crippen LogP contribution in [0.2, 0.25) is 0 Å². The zero-order valence-electron chi connectivity index (χ0n) is 12.5. The molecule has 0 aromatic heterocycles. The first-order chi connectivity index (χ1) is 9.69. The first kappa shape index (κ1) is 12.0. The monoisotopic (exact) mass is 260 g/mol. The molecule has 20 heavy (non-hydrogen) atoms. The molecular formula is C20H20. The van der Waals surface area contributed by atoms with Gasteiger partial charge in [-0.2, -0.15) is 0 Å². The summed E-state index contributed by atoms with van der Waals surface area (Å²) in [6.07, 6.45) is 4.96. The molecule has 0 fully saturated rings. The van der Waals surface area contributed by atoms with Crippen molar-refractivity contribution in [2.24, 2.45) is 5.92 Å². The van der Waals surface area contributed by atoms with Crippen molar-refractivity contribution in [3.05, 3.63) is 64.2 Å². The van der Waals surface area contributed by atoms with Gasteiger partial charge in [0.25, 0.3) is 0 Å². The zero-order valence-corrected chi connectivity index (χ0v) is 12.5. The molecule has 1 atom stereocenters. The predicted molar refractivity (Wildman–Crippen MR) is 85.9 cm³/mol. The van der Waals surface area contributed by atoms with Crippen LogP contribution in [0.15, 0.2) is 36.4 Å². The Balaban J connectivity index is 2.08. The molecule has 2 aromatic carbocycles. The number of hydrogen-bond donors (Lipinski definition) is 0. The second-order valence-corrected chi connectivity index (χ2v) is 6.29. The van der Waals surface area contributed by atoms with Crippen molar-refractivity contribution in [2.45, 2.75) is 33.6 Å². The van der Waals surface area contributed by atoms with E-state index < -0.39 is 0 Å². The van der Waals surface area contributed by atoms with Crippen molar-refractivity contribution >= 4 is 5.57 Å². The summed E-state index contributed by atoms with van der Waals surface area (Å²) in [7, 11) is 0. The molecule has 2 aliphatic carbocycles. The quantitative estimate of drug-likeness (QED) is 0.557. The van der Waals surface area contributed by atoms with Crippen LogP contribution in [0.3, 0.4) is 0 Å². The van der Waals surface area contributed by atoms with Crippen molar-refractivity contribution < 1.29 is 0 Å². The normalized spacial score (nSPS) is 18.6. The van der Waals surface area contributed by atoms with E-state index in [1.165, 1.54) is 51.8 Å². The molecule has 0 N–H and O–H groups in total. The summed E-state index contributed by atoms with van der Waals surface area (Å²) < 4.78 is 0. The fraction of sp³-hybridized carbons (Fsp3) is 0.300. The largest absolute Gasteiger partial charge is 0.0726 e. The highest BCUT2D eigenvalue weighted by molar-refractivity contribution is 6.03. The highest BCUT2D eigenvalue weighted by Crippen LogP contribution is 2.50. The maximum atomic E-state index is 2.52. The lowest BCUT2D eigenvalue weighted by Gasteiger charge is -2.23. The summed E-state index contributed by atoms with van der Waals surface area (Å²) in [6.45, 7) is 6.76. The van der Waals surface area contributed by atoms with Crippen LogP contribution in [0, 0.1) is 19.8 Å². The van der Waals surface area contributed by atoms with Crippen LogP contribution in [-0.2, 0) is 6.42 Å². The molecule has 0 saturated heterocycles. The van der Waals surface area contributed by atoms with Crippen LogP contribution in [0.5, 0.6) is 0 Å². The lowest BCUT2D eigenvalue weighted by atomic mass is 9.81. The van der Waals surface area contributed by atoms with Crippen LogP contribution in [0.25, 0.3) is 16.7 Å². The van der Waals surface area contributed by atoms with E-state index in [4.69, 9.17) is 0 Å². The minimum Gasteiger partial charge on any atom is -0.0726 e. The van der Waals surface area contributed by atoms with E-state index in [2.05, 4.69) is 57.2 Å². The van der Waals surface area contributed by atoms with Gasteiger partial charge in [-0.3, -0.25) is 0 Å². The summed E-state index contributed by atoms with van der Waals surface area (Å²) in [4.78, 5) is 0. The number of benzene rings is 2. The minimum absolute atomic E-state index is 0.693. The molecule has 4 rings (SSSR count). The summed E-state index contributed by atoms with van der Waals surface area (Å²) in [5.74, 6) is 0.693. The smallest absolute Gasteiger partial charge is 0.00671 e. The molecule has 0 amide bonds. The third kappa shape index (κ3) is 1.48. The van der Waals surface area contributed by atoms with Crippen molar-refractivity contribution in [3.63, 3.8) is 0 Å². The molecule has 0 nitrogen and oxygen atoms in total. The van der Waals surface area contributed by atoms with Crippen LogP contribution >= 0.6 is 0 Å². The number of fused-ring (bicyclic) bond motifs is 3. The van der Waals surface area contributed by atoms with Gasteiger partial charge in [0.2, 0.25) is 0 Å². The molecule has 0 spiro atoms. The zero-order chi connectivity index (χ0) is 13.9. The molecule has 100 valence electrons. The Morgan fingerprint density at radius 2 is 1.80 bits per heavy atom. The van der Waals surface area contributed by atoms with Gasteiger partial charge in [-0.25, -0.2) is 0 Å². The third-order valence-electron chi connectivity index (χ3n) is 4.96. The van der Waals surface area contributed by atoms with Crippen molar-refractivity contribution in [2.75, 3.05) is 0 Å².